The van der Waals surface area contributed by atoms with Gasteiger partial charge in [-0.1, -0.05) is 37.1 Å². The molecular weight excluding hydrogens is 420 g/mol. The normalized spacial score (nSPS) is 15.3. The van der Waals surface area contributed by atoms with Crippen molar-refractivity contribution in [3.8, 4) is 11.5 Å². The summed E-state index contributed by atoms with van der Waals surface area (Å²) in [6, 6.07) is 9.06. The number of methoxy groups -OCH3 is 1. The number of benzene rings is 2. The lowest BCUT2D eigenvalue weighted by Crippen LogP contribution is -2.54. The summed E-state index contributed by atoms with van der Waals surface area (Å²) in [5.41, 5.74) is 1.44. The Labute approximate surface area is 185 Å². The Kier molecular flexibility index (Phi) is 6.97. The molecule has 31 heavy (non-hydrogen) atoms. The third-order valence-electron chi connectivity index (χ3n) is 4.77. The number of amides is 4. The highest BCUT2D eigenvalue weighted by Crippen LogP contribution is 2.30. The van der Waals surface area contributed by atoms with Gasteiger partial charge in [0, 0.05) is 5.02 Å². The number of hydrogen-bond acceptors (Lipinski definition) is 5. The van der Waals surface area contributed by atoms with Gasteiger partial charge in [0.05, 0.1) is 19.4 Å². The van der Waals surface area contributed by atoms with Gasteiger partial charge in [-0.3, -0.25) is 14.9 Å². The van der Waals surface area contributed by atoms with Crippen molar-refractivity contribution in [3.63, 3.8) is 0 Å². The van der Waals surface area contributed by atoms with Gasteiger partial charge in [-0.2, -0.15) is 0 Å². The van der Waals surface area contributed by atoms with E-state index >= 15 is 0 Å². The molecule has 2 aromatic carbocycles. The molecule has 8 heteroatoms. The van der Waals surface area contributed by atoms with Crippen LogP contribution in [-0.4, -0.2) is 31.6 Å². The van der Waals surface area contributed by atoms with Crippen molar-refractivity contribution in [2.45, 2.75) is 26.7 Å². The minimum absolute atomic E-state index is 0.182. The van der Waals surface area contributed by atoms with Crippen LogP contribution < -0.4 is 19.7 Å². The van der Waals surface area contributed by atoms with Crippen molar-refractivity contribution in [2.24, 2.45) is 0 Å². The van der Waals surface area contributed by atoms with Crippen molar-refractivity contribution in [3.05, 3.63) is 58.1 Å². The Morgan fingerprint density at radius 1 is 1.10 bits per heavy atom. The van der Waals surface area contributed by atoms with Gasteiger partial charge >= 0.3 is 6.03 Å². The van der Waals surface area contributed by atoms with Crippen LogP contribution in [0.2, 0.25) is 5.02 Å². The average molecular weight is 443 g/mol. The van der Waals surface area contributed by atoms with Crippen LogP contribution in [0, 0.1) is 6.92 Å². The number of halogens is 1. The molecule has 0 aliphatic carbocycles. The molecule has 0 radical (unpaired) electrons. The van der Waals surface area contributed by atoms with E-state index in [4.69, 9.17) is 21.1 Å². The Hall–Kier alpha value is -3.32. The number of carbonyl (C=O) groups is 3. The number of hydrogen-bond donors (Lipinski definition) is 1. The smallest absolute Gasteiger partial charge is 0.335 e. The summed E-state index contributed by atoms with van der Waals surface area (Å²) in [5.74, 6) is -0.460. The van der Waals surface area contributed by atoms with Gasteiger partial charge in [-0.15, -0.1) is 0 Å². The van der Waals surface area contributed by atoms with Gasteiger partial charge < -0.3 is 9.47 Å². The summed E-state index contributed by atoms with van der Waals surface area (Å²) in [6.45, 7) is 4.44. The van der Waals surface area contributed by atoms with Crippen molar-refractivity contribution in [2.75, 3.05) is 18.6 Å². The van der Waals surface area contributed by atoms with Crippen LogP contribution in [0.1, 0.15) is 30.9 Å². The van der Waals surface area contributed by atoms with Crippen molar-refractivity contribution in [1.82, 2.24) is 5.32 Å². The van der Waals surface area contributed by atoms with Crippen molar-refractivity contribution >= 4 is 41.2 Å². The second-order valence-corrected chi connectivity index (χ2v) is 7.41. The van der Waals surface area contributed by atoms with Crippen LogP contribution in [0.4, 0.5) is 10.5 Å². The molecule has 7 nitrogen and oxygen atoms in total. The zero-order chi connectivity index (χ0) is 22.5. The molecule has 0 aromatic heterocycles. The molecule has 1 saturated heterocycles. The maximum absolute atomic E-state index is 13.0. The van der Waals surface area contributed by atoms with Crippen molar-refractivity contribution < 1.29 is 23.9 Å². The Morgan fingerprint density at radius 2 is 1.87 bits per heavy atom. The first-order valence-electron chi connectivity index (χ1n) is 9.84. The number of carbonyl (C=O) groups excluding carboxylic acids is 3. The van der Waals surface area contributed by atoms with Crippen LogP contribution in [0.5, 0.6) is 11.5 Å². The summed E-state index contributed by atoms with van der Waals surface area (Å²) >= 11 is 6.14. The summed E-state index contributed by atoms with van der Waals surface area (Å²) in [5, 5.41) is 2.60. The lowest BCUT2D eigenvalue weighted by molar-refractivity contribution is -0.122. The molecule has 4 amide bonds. The van der Waals surface area contributed by atoms with Crippen LogP contribution in [0.3, 0.4) is 0 Å². The molecular formula is C23H23ClN2O5. The van der Waals surface area contributed by atoms with E-state index in [0.29, 0.717) is 28.7 Å². The highest BCUT2D eigenvalue weighted by Gasteiger charge is 2.37. The number of ether oxygens (including phenoxy) is 2. The third kappa shape index (κ3) is 4.88. The van der Waals surface area contributed by atoms with E-state index < -0.39 is 17.8 Å². The van der Waals surface area contributed by atoms with Gasteiger partial charge in [-0.05, 0) is 54.8 Å². The molecule has 2 aromatic rings. The molecule has 162 valence electrons. The Morgan fingerprint density at radius 3 is 2.55 bits per heavy atom. The number of aryl methyl sites for hydroxylation is 1. The van der Waals surface area contributed by atoms with E-state index in [1.165, 1.54) is 19.3 Å². The molecule has 0 atom stereocenters. The first-order valence-corrected chi connectivity index (χ1v) is 10.2. The number of anilines is 1. The zero-order valence-electron chi connectivity index (χ0n) is 17.5. The number of imide groups is 2. The highest BCUT2D eigenvalue weighted by atomic mass is 35.5. The van der Waals surface area contributed by atoms with Gasteiger partial charge in [0.15, 0.2) is 11.5 Å². The first kappa shape index (κ1) is 22.4. The highest BCUT2D eigenvalue weighted by molar-refractivity contribution is 6.39. The minimum Gasteiger partial charge on any atom is -0.493 e. The lowest BCUT2D eigenvalue weighted by Gasteiger charge is -2.26. The molecule has 1 aliphatic heterocycles. The molecule has 0 unspecified atom stereocenters. The predicted octanol–water partition coefficient (Wildman–Crippen LogP) is 4.50. The zero-order valence-corrected chi connectivity index (χ0v) is 18.3. The third-order valence-corrected chi connectivity index (χ3v) is 5.18. The molecule has 1 aliphatic rings. The predicted molar refractivity (Wildman–Crippen MR) is 119 cm³/mol. The Bertz CT molecular complexity index is 1060. The fraction of sp³-hybridized carbons (Fsp3) is 0.261. The summed E-state index contributed by atoms with van der Waals surface area (Å²) < 4.78 is 11.1. The molecule has 0 bridgehead atoms. The second-order valence-electron chi connectivity index (χ2n) is 7.00. The standard InChI is InChI=1S/C23H23ClN2O5/c1-4-5-10-31-19-9-7-15(12-20(19)30-3)11-17-21(27)25-23(29)26(22(17)28)16-8-6-14(2)18(24)13-16/h6-9,11-13H,4-5,10H2,1-3H3,(H,25,27,29). The summed E-state index contributed by atoms with van der Waals surface area (Å²) in [7, 11) is 1.51. The van der Waals surface area contributed by atoms with Gasteiger partial charge in [-0.25, -0.2) is 9.69 Å². The number of rotatable bonds is 7. The fourth-order valence-corrected chi connectivity index (χ4v) is 3.17. The van der Waals surface area contributed by atoms with Crippen LogP contribution in [0.25, 0.3) is 6.08 Å². The topological polar surface area (TPSA) is 84.9 Å². The van der Waals surface area contributed by atoms with Gasteiger partial charge in [0.1, 0.15) is 5.57 Å². The molecule has 0 saturated carbocycles. The second kappa shape index (κ2) is 9.66. The van der Waals surface area contributed by atoms with E-state index in [-0.39, 0.29) is 11.3 Å². The molecule has 1 fully saturated rings. The van der Waals surface area contributed by atoms with Gasteiger partial charge in [0.25, 0.3) is 11.8 Å². The Balaban J connectivity index is 1.93. The monoisotopic (exact) mass is 442 g/mol. The number of nitrogens with zero attached hydrogens (tertiary/aromatic N) is 1. The quantitative estimate of drug-likeness (QED) is 0.387. The van der Waals surface area contributed by atoms with Crippen LogP contribution in [-0.2, 0) is 9.59 Å². The summed E-state index contributed by atoms with van der Waals surface area (Å²) in [6.07, 6.45) is 3.33. The van der Waals surface area contributed by atoms with E-state index in [2.05, 4.69) is 12.2 Å². The number of unbranched alkanes of at least 4 members (excludes halogenated alkanes) is 1. The van der Waals surface area contributed by atoms with Crippen LogP contribution in [0.15, 0.2) is 42.0 Å². The van der Waals surface area contributed by atoms with Crippen LogP contribution >= 0.6 is 11.6 Å². The fourth-order valence-electron chi connectivity index (χ4n) is 3.00. The maximum Gasteiger partial charge on any atom is 0.335 e. The molecule has 0 spiro atoms. The lowest BCUT2D eigenvalue weighted by atomic mass is 10.1. The van der Waals surface area contributed by atoms with E-state index in [9.17, 15) is 14.4 Å². The maximum atomic E-state index is 13.0. The molecule has 3 rings (SSSR count). The summed E-state index contributed by atoms with van der Waals surface area (Å²) in [4.78, 5) is 38.6. The largest absolute Gasteiger partial charge is 0.493 e. The number of nitrogens with one attached hydrogen (secondary N) is 1. The number of urea groups is 1. The average Bonchev–Trinajstić information content (AvgIpc) is 2.74. The molecule has 1 N–H and O–H groups in total. The van der Waals surface area contributed by atoms with E-state index in [0.717, 1.165) is 23.3 Å². The number of barbiturate groups is 1. The van der Waals surface area contributed by atoms with Gasteiger partial charge in [0.2, 0.25) is 0 Å². The SMILES string of the molecule is CCCCOc1ccc(C=C2C(=O)NC(=O)N(c3ccc(C)c(Cl)c3)C2=O)cc1OC. The van der Waals surface area contributed by atoms with Crippen molar-refractivity contribution in [1.29, 1.82) is 0 Å². The van der Waals surface area contributed by atoms with E-state index in [1.807, 2.05) is 6.92 Å². The first-order chi connectivity index (χ1) is 14.8. The minimum atomic E-state index is -0.829. The van der Waals surface area contributed by atoms with E-state index in [1.54, 1.807) is 30.3 Å². The molecule has 1 heterocycles.